The van der Waals surface area contributed by atoms with Gasteiger partial charge in [0, 0.05) is 16.9 Å². The molecule has 198 valence electrons. The number of methoxy groups -OCH3 is 1. The van der Waals surface area contributed by atoms with Gasteiger partial charge in [0.25, 0.3) is 0 Å². The Labute approximate surface area is 239 Å². The molecule has 0 atom stereocenters. The molecular formula is C31H25N5O2S2. The first-order valence-electron chi connectivity index (χ1n) is 12.6. The number of aryl methyl sites for hydroxylation is 1. The molecule has 1 N–H and O–H groups in total. The molecule has 0 spiro atoms. The number of para-hydroxylation sites is 2. The van der Waals surface area contributed by atoms with Gasteiger partial charge in [-0.1, -0.05) is 48.2 Å². The summed E-state index contributed by atoms with van der Waals surface area (Å²) < 4.78 is 8.68. The van der Waals surface area contributed by atoms with Crippen molar-refractivity contribution in [1.82, 2.24) is 19.7 Å². The summed E-state index contributed by atoms with van der Waals surface area (Å²) in [4.78, 5) is 17.6. The van der Waals surface area contributed by atoms with E-state index in [-0.39, 0.29) is 11.7 Å². The summed E-state index contributed by atoms with van der Waals surface area (Å²) in [5.74, 6) is 1.39. The number of carbonyl (C=O) groups is 1. The number of aromatic nitrogens is 4. The first kappa shape index (κ1) is 25.8. The van der Waals surface area contributed by atoms with E-state index < -0.39 is 0 Å². The first-order chi connectivity index (χ1) is 19.6. The van der Waals surface area contributed by atoms with Crippen LogP contribution in [0, 0.1) is 6.92 Å². The van der Waals surface area contributed by atoms with Crippen LogP contribution >= 0.6 is 23.1 Å². The van der Waals surface area contributed by atoms with Gasteiger partial charge in [-0.2, -0.15) is 0 Å². The van der Waals surface area contributed by atoms with Crippen LogP contribution in [0.25, 0.3) is 37.9 Å². The third kappa shape index (κ3) is 5.34. The standard InChI is InChI=1S/C31H25N5O2S2/c1-20-12-17-25-27(18-20)40-30(33-25)21-13-15-22(16-14-21)32-28(37)19-39-31-35-34-29(24-10-6-7-11-26(24)38-2)36(31)23-8-4-3-5-9-23/h3-18H,19H2,1-2H3,(H,32,37). The predicted molar refractivity (Wildman–Crippen MR) is 162 cm³/mol. The second kappa shape index (κ2) is 11.3. The summed E-state index contributed by atoms with van der Waals surface area (Å²) in [5, 5.41) is 13.5. The fourth-order valence-corrected chi connectivity index (χ4v) is 6.18. The van der Waals surface area contributed by atoms with Gasteiger partial charge in [0.1, 0.15) is 10.8 Å². The second-order valence-electron chi connectivity index (χ2n) is 9.08. The lowest BCUT2D eigenvalue weighted by molar-refractivity contribution is -0.113. The number of thiazole rings is 1. The third-order valence-corrected chi connectivity index (χ3v) is 8.28. The number of hydrogen-bond acceptors (Lipinski definition) is 7. The zero-order valence-electron chi connectivity index (χ0n) is 21.9. The van der Waals surface area contributed by atoms with Crippen LogP contribution in [0.3, 0.4) is 0 Å². The molecule has 0 aliphatic heterocycles. The minimum absolute atomic E-state index is 0.130. The van der Waals surface area contributed by atoms with E-state index in [1.165, 1.54) is 22.0 Å². The summed E-state index contributed by atoms with van der Waals surface area (Å²) in [7, 11) is 1.63. The molecule has 0 aliphatic carbocycles. The maximum absolute atomic E-state index is 12.9. The maximum Gasteiger partial charge on any atom is 0.234 e. The Morgan fingerprint density at radius 1 is 0.950 bits per heavy atom. The molecule has 0 saturated carbocycles. The van der Waals surface area contributed by atoms with E-state index in [1.54, 1.807) is 18.4 Å². The minimum atomic E-state index is -0.130. The molecular weight excluding hydrogens is 539 g/mol. The zero-order valence-corrected chi connectivity index (χ0v) is 23.5. The Bertz CT molecular complexity index is 1800. The van der Waals surface area contributed by atoms with Crippen LogP contribution < -0.4 is 10.1 Å². The van der Waals surface area contributed by atoms with Gasteiger partial charge in [-0.3, -0.25) is 9.36 Å². The molecule has 1 amide bonds. The second-order valence-corrected chi connectivity index (χ2v) is 11.1. The van der Waals surface area contributed by atoms with Crippen molar-refractivity contribution in [3.63, 3.8) is 0 Å². The molecule has 6 aromatic rings. The highest BCUT2D eigenvalue weighted by atomic mass is 32.2. The molecule has 2 heterocycles. The smallest absolute Gasteiger partial charge is 0.234 e. The SMILES string of the molecule is COc1ccccc1-c1nnc(SCC(=O)Nc2ccc(-c3nc4ccc(C)cc4s3)cc2)n1-c1ccccc1. The summed E-state index contributed by atoms with van der Waals surface area (Å²) >= 11 is 3.00. The Hall–Kier alpha value is -4.47. The van der Waals surface area contributed by atoms with E-state index >= 15 is 0 Å². The zero-order chi connectivity index (χ0) is 27.5. The molecule has 0 radical (unpaired) electrons. The molecule has 0 unspecified atom stereocenters. The summed E-state index contributed by atoms with van der Waals surface area (Å²) in [5.41, 5.74) is 5.68. The van der Waals surface area contributed by atoms with Crippen molar-refractivity contribution in [2.24, 2.45) is 0 Å². The Balaban J connectivity index is 1.18. The van der Waals surface area contributed by atoms with E-state index in [1.807, 2.05) is 83.4 Å². The number of hydrogen-bond donors (Lipinski definition) is 1. The lowest BCUT2D eigenvalue weighted by Gasteiger charge is -2.12. The number of nitrogens with zero attached hydrogens (tertiary/aromatic N) is 4. The van der Waals surface area contributed by atoms with Gasteiger partial charge >= 0.3 is 0 Å². The average molecular weight is 564 g/mol. The number of benzene rings is 4. The fraction of sp³-hybridized carbons (Fsp3) is 0.0968. The first-order valence-corrected chi connectivity index (χ1v) is 14.4. The number of rotatable bonds is 8. The van der Waals surface area contributed by atoms with E-state index in [4.69, 9.17) is 9.72 Å². The number of fused-ring (bicyclic) bond motifs is 1. The van der Waals surface area contributed by atoms with Gasteiger partial charge < -0.3 is 10.1 Å². The molecule has 9 heteroatoms. The number of carbonyl (C=O) groups excluding carboxylic acids is 1. The summed E-state index contributed by atoms with van der Waals surface area (Å²) in [6.45, 7) is 2.08. The van der Waals surface area contributed by atoms with Crippen molar-refractivity contribution >= 4 is 44.9 Å². The van der Waals surface area contributed by atoms with Crippen molar-refractivity contribution in [1.29, 1.82) is 0 Å². The van der Waals surface area contributed by atoms with E-state index in [0.717, 1.165) is 33.0 Å². The predicted octanol–water partition coefficient (Wildman–Crippen LogP) is 7.26. The highest BCUT2D eigenvalue weighted by Gasteiger charge is 2.19. The largest absolute Gasteiger partial charge is 0.496 e. The van der Waals surface area contributed by atoms with Gasteiger partial charge in [-0.15, -0.1) is 21.5 Å². The highest BCUT2D eigenvalue weighted by Crippen LogP contribution is 2.34. The van der Waals surface area contributed by atoms with Crippen LogP contribution in [0.4, 0.5) is 5.69 Å². The maximum atomic E-state index is 12.9. The van der Waals surface area contributed by atoms with Crippen LogP contribution in [0.15, 0.2) is 102 Å². The molecule has 0 aliphatic rings. The fourth-order valence-electron chi connectivity index (χ4n) is 4.36. The van der Waals surface area contributed by atoms with Gasteiger partial charge in [-0.05, 0) is 73.2 Å². The molecule has 0 fully saturated rings. The third-order valence-electron chi connectivity index (χ3n) is 6.29. The number of amides is 1. The molecule has 40 heavy (non-hydrogen) atoms. The summed E-state index contributed by atoms with van der Waals surface area (Å²) in [6, 6.07) is 31.6. The van der Waals surface area contributed by atoms with Crippen molar-refractivity contribution < 1.29 is 9.53 Å². The van der Waals surface area contributed by atoms with Crippen molar-refractivity contribution in [3.05, 3.63) is 103 Å². The monoisotopic (exact) mass is 563 g/mol. The Morgan fingerprint density at radius 2 is 1.73 bits per heavy atom. The average Bonchev–Trinajstić information content (AvgIpc) is 3.61. The highest BCUT2D eigenvalue weighted by molar-refractivity contribution is 7.99. The van der Waals surface area contributed by atoms with Crippen LogP contribution in [-0.2, 0) is 4.79 Å². The van der Waals surface area contributed by atoms with Crippen LogP contribution in [0.2, 0.25) is 0 Å². The lowest BCUT2D eigenvalue weighted by Crippen LogP contribution is -2.14. The number of nitrogens with one attached hydrogen (secondary N) is 1. The van der Waals surface area contributed by atoms with Crippen LogP contribution in [-0.4, -0.2) is 38.5 Å². The molecule has 2 aromatic heterocycles. The molecule has 0 bridgehead atoms. The number of anilines is 1. The molecule has 0 saturated heterocycles. The van der Waals surface area contributed by atoms with Crippen LogP contribution in [0.5, 0.6) is 5.75 Å². The topological polar surface area (TPSA) is 81.9 Å². The van der Waals surface area contributed by atoms with Gasteiger partial charge in [-0.25, -0.2) is 4.98 Å². The molecule has 7 nitrogen and oxygen atoms in total. The van der Waals surface area contributed by atoms with Gasteiger partial charge in [0.15, 0.2) is 11.0 Å². The summed E-state index contributed by atoms with van der Waals surface area (Å²) in [6.07, 6.45) is 0. The van der Waals surface area contributed by atoms with E-state index in [9.17, 15) is 4.79 Å². The lowest BCUT2D eigenvalue weighted by atomic mass is 10.2. The molecule has 6 rings (SSSR count). The van der Waals surface area contributed by atoms with E-state index in [0.29, 0.717) is 16.7 Å². The van der Waals surface area contributed by atoms with Crippen molar-refractivity contribution in [2.75, 3.05) is 18.2 Å². The van der Waals surface area contributed by atoms with Crippen molar-refractivity contribution in [3.8, 4) is 33.4 Å². The number of ether oxygens (including phenoxy) is 1. The van der Waals surface area contributed by atoms with Crippen LogP contribution in [0.1, 0.15) is 5.56 Å². The van der Waals surface area contributed by atoms with Gasteiger partial charge in [0.05, 0.1) is 28.6 Å². The molecule has 4 aromatic carbocycles. The van der Waals surface area contributed by atoms with Crippen molar-refractivity contribution in [2.45, 2.75) is 12.1 Å². The van der Waals surface area contributed by atoms with E-state index in [2.05, 4.69) is 40.6 Å². The minimum Gasteiger partial charge on any atom is -0.496 e. The normalized spacial score (nSPS) is 11.1. The van der Waals surface area contributed by atoms with Gasteiger partial charge in [0.2, 0.25) is 5.91 Å². The quantitative estimate of drug-likeness (QED) is 0.196. The number of thioether (sulfide) groups is 1. The Morgan fingerprint density at radius 3 is 2.52 bits per heavy atom. The Kier molecular flexibility index (Phi) is 7.31.